The number of benzene rings is 1. The van der Waals surface area contributed by atoms with Crippen LogP contribution in [-0.4, -0.2) is 45.9 Å². The van der Waals surface area contributed by atoms with E-state index < -0.39 is 34.6 Å². The molecule has 1 fully saturated rings. The molecule has 1 N–H and O–H groups in total. The number of nitrogens with one attached hydrogen (secondary N) is 1. The SMILES string of the molecule is CN(C(=O)C1CNC(=O)N1c1nccn2ccnc12)c1ccc(F)c(Cl)c1F. The summed E-state index contributed by atoms with van der Waals surface area (Å²) in [5, 5.41) is 1.87. The first kappa shape index (κ1) is 18.1. The van der Waals surface area contributed by atoms with E-state index in [2.05, 4.69) is 15.3 Å². The molecule has 1 unspecified atom stereocenters. The van der Waals surface area contributed by atoms with E-state index in [-0.39, 0.29) is 18.1 Å². The van der Waals surface area contributed by atoms with Crippen LogP contribution in [0.2, 0.25) is 5.02 Å². The molecular formula is C17H13ClF2N6O2. The number of fused-ring (bicyclic) bond motifs is 1. The van der Waals surface area contributed by atoms with E-state index >= 15 is 0 Å². The molecule has 3 aromatic rings. The van der Waals surface area contributed by atoms with Crippen molar-refractivity contribution in [3.63, 3.8) is 0 Å². The van der Waals surface area contributed by atoms with Gasteiger partial charge in [0.05, 0.1) is 5.69 Å². The van der Waals surface area contributed by atoms with Gasteiger partial charge in [0, 0.05) is 38.4 Å². The highest BCUT2D eigenvalue weighted by Gasteiger charge is 2.41. The fourth-order valence-electron chi connectivity index (χ4n) is 3.07. The maximum absolute atomic E-state index is 14.3. The van der Waals surface area contributed by atoms with Crippen LogP contribution in [-0.2, 0) is 4.79 Å². The predicted molar refractivity (Wildman–Crippen MR) is 97.4 cm³/mol. The van der Waals surface area contributed by atoms with Crippen molar-refractivity contribution in [1.82, 2.24) is 19.7 Å². The lowest BCUT2D eigenvalue weighted by Crippen LogP contribution is -2.47. The molecule has 0 bridgehead atoms. The molecule has 0 saturated carbocycles. The van der Waals surface area contributed by atoms with Crippen molar-refractivity contribution >= 4 is 40.7 Å². The van der Waals surface area contributed by atoms with Crippen LogP contribution in [0.4, 0.5) is 25.1 Å². The Labute approximate surface area is 162 Å². The second-order valence-corrected chi connectivity index (χ2v) is 6.45. The van der Waals surface area contributed by atoms with Gasteiger partial charge in [-0.25, -0.2) is 23.5 Å². The highest BCUT2D eigenvalue weighted by atomic mass is 35.5. The van der Waals surface area contributed by atoms with E-state index in [1.54, 1.807) is 16.8 Å². The maximum atomic E-state index is 14.3. The van der Waals surface area contributed by atoms with Gasteiger partial charge in [-0.3, -0.25) is 9.69 Å². The van der Waals surface area contributed by atoms with Gasteiger partial charge < -0.3 is 14.6 Å². The molecule has 1 aromatic carbocycles. The zero-order valence-corrected chi connectivity index (χ0v) is 15.2. The molecule has 1 atom stereocenters. The minimum atomic E-state index is -1.06. The van der Waals surface area contributed by atoms with E-state index in [9.17, 15) is 18.4 Å². The summed E-state index contributed by atoms with van der Waals surface area (Å²) in [5.74, 6) is -2.41. The lowest BCUT2D eigenvalue weighted by atomic mass is 10.2. The van der Waals surface area contributed by atoms with Crippen molar-refractivity contribution in [3.8, 4) is 0 Å². The number of aromatic nitrogens is 3. The number of rotatable bonds is 3. The summed E-state index contributed by atoms with van der Waals surface area (Å²) in [6.07, 6.45) is 6.33. The van der Waals surface area contributed by atoms with Crippen LogP contribution in [0.1, 0.15) is 0 Å². The summed E-state index contributed by atoms with van der Waals surface area (Å²) >= 11 is 5.61. The van der Waals surface area contributed by atoms with Crippen LogP contribution in [0, 0.1) is 11.6 Å². The first-order valence-electron chi connectivity index (χ1n) is 8.16. The Kier molecular flexibility index (Phi) is 4.34. The van der Waals surface area contributed by atoms with Crippen molar-refractivity contribution < 1.29 is 18.4 Å². The van der Waals surface area contributed by atoms with Crippen molar-refractivity contribution in [1.29, 1.82) is 0 Å². The molecule has 0 spiro atoms. The van der Waals surface area contributed by atoms with E-state index in [1.807, 2.05) is 0 Å². The summed E-state index contributed by atoms with van der Waals surface area (Å²) in [4.78, 5) is 35.9. The number of halogens is 3. The molecule has 1 aliphatic rings. The molecule has 0 radical (unpaired) electrons. The minimum absolute atomic E-state index is 0.0119. The monoisotopic (exact) mass is 406 g/mol. The van der Waals surface area contributed by atoms with Gasteiger partial charge >= 0.3 is 6.03 Å². The number of anilines is 2. The number of carbonyl (C=O) groups excluding carboxylic acids is 2. The maximum Gasteiger partial charge on any atom is 0.324 e. The average Bonchev–Trinajstić information content (AvgIpc) is 3.31. The molecule has 4 rings (SSSR count). The molecule has 11 heteroatoms. The number of carbonyl (C=O) groups is 2. The summed E-state index contributed by atoms with van der Waals surface area (Å²) in [5.41, 5.74) is 0.179. The topological polar surface area (TPSA) is 82.8 Å². The third-order valence-corrected chi connectivity index (χ3v) is 4.84. The smallest absolute Gasteiger partial charge is 0.324 e. The first-order chi connectivity index (χ1) is 13.4. The largest absolute Gasteiger partial charge is 0.335 e. The van der Waals surface area contributed by atoms with Crippen LogP contribution in [0.15, 0.2) is 36.9 Å². The number of hydrogen-bond donors (Lipinski definition) is 1. The molecule has 3 heterocycles. The highest BCUT2D eigenvalue weighted by Crippen LogP contribution is 2.29. The molecule has 1 saturated heterocycles. The number of amides is 3. The zero-order valence-electron chi connectivity index (χ0n) is 14.4. The normalized spacial score (nSPS) is 16.5. The highest BCUT2D eigenvalue weighted by molar-refractivity contribution is 6.31. The summed E-state index contributed by atoms with van der Waals surface area (Å²) < 4.78 is 29.4. The van der Waals surface area contributed by atoms with Gasteiger partial charge in [0.2, 0.25) is 0 Å². The third kappa shape index (κ3) is 2.73. The van der Waals surface area contributed by atoms with Gasteiger partial charge in [0.25, 0.3) is 5.91 Å². The van der Waals surface area contributed by atoms with Crippen LogP contribution in [0.3, 0.4) is 0 Å². The van der Waals surface area contributed by atoms with Crippen LogP contribution >= 0.6 is 11.6 Å². The molecule has 2 aromatic heterocycles. The Morgan fingerprint density at radius 3 is 2.75 bits per heavy atom. The number of nitrogens with zero attached hydrogens (tertiary/aromatic N) is 5. The van der Waals surface area contributed by atoms with Crippen molar-refractivity contribution in [2.45, 2.75) is 6.04 Å². The fraction of sp³-hybridized carbons (Fsp3) is 0.176. The van der Waals surface area contributed by atoms with Gasteiger partial charge in [-0.15, -0.1) is 0 Å². The van der Waals surface area contributed by atoms with Gasteiger partial charge in [-0.2, -0.15) is 0 Å². The van der Waals surface area contributed by atoms with Crippen molar-refractivity contribution in [3.05, 3.63) is 53.6 Å². The predicted octanol–water partition coefficient (Wildman–Crippen LogP) is 2.22. The lowest BCUT2D eigenvalue weighted by molar-refractivity contribution is -0.119. The molecule has 1 aliphatic heterocycles. The van der Waals surface area contributed by atoms with Gasteiger partial charge in [-0.1, -0.05) is 11.6 Å². The molecule has 3 amide bonds. The van der Waals surface area contributed by atoms with Gasteiger partial charge in [-0.05, 0) is 12.1 Å². The Hall–Kier alpha value is -3.27. The standard InChI is InChI=1S/C17H13ClF2N6O2/c1-24(10-3-2-9(19)12(18)13(10)20)16(27)11-8-23-17(28)26(11)15-14-21-4-6-25(14)7-5-22-15/h2-7,11H,8H2,1H3,(H,23,28). The molecule has 0 aliphatic carbocycles. The van der Waals surface area contributed by atoms with Crippen LogP contribution in [0.25, 0.3) is 5.65 Å². The van der Waals surface area contributed by atoms with E-state index in [0.29, 0.717) is 5.65 Å². The fourth-order valence-corrected chi connectivity index (χ4v) is 3.23. The number of urea groups is 1. The zero-order chi connectivity index (χ0) is 20.0. The summed E-state index contributed by atoms with van der Waals surface area (Å²) in [6.45, 7) is -0.0119. The molecule has 8 nitrogen and oxygen atoms in total. The third-order valence-electron chi connectivity index (χ3n) is 4.49. The van der Waals surface area contributed by atoms with E-state index in [1.165, 1.54) is 24.3 Å². The minimum Gasteiger partial charge on any atom is -0.335 e. The number of likely N-dealkylation sites (N-methyl/N-ethyl adjacent to an activating group) is 1. The number of imidazole rings is 1. The summed E-state index contributed by atoms with van der Waals surface area (Å²) in [7, 11) is 1.32. The Balaban J connectivity index is 1.71. The first-order valence-corrected chi connectivity index (χ1v) is 8.53. The Morgan fingerprint density at radius 1 is 1.29 bits per heavy atom. The van der Waals surface area contributed by atoms with E-state index in [4.69, 9.17) is 11.6 Å². The van der Waals surface area contributed by atoms with Crippen molar-refractivity contribution in [2.75, 3.05) is 23.4 Å². The van der Waals surface area contributed by atoms with E-state index in [0.717, 1.165) is 17.0 Å². The molecule has 28 heavy (non-hydrogen) atoms. The second-order valence-electron chi connectivity index (χ2n) is 6.07. The summed E-state index contributed by atoms with van der Waals surface area (Å²) in [6, 6.07) is 0.535. The van der Waals surface area contributed by atoms with Crippen LogP contribution < -0.4 is 15.1 Å². The molecular weight excluding hydrogens is 394 g/mol. The Morgan fingerprint density at radius 2 is 2.00 bits per heavy atom. The van der Waals surface area contributed by atoms with Gasteiger partial charge in [0.15, 0.2) is 17.3 Å². The lowest BCUT2D eigenvalue weighted by Gasteiger charge is -2.26. The van der Waals surface area contributed by atoms with Crippen LogP contribution in [0.5, 0.6) is 0 Å². The quantitative estimate of drug-likeness (QED) is 0.676. The molecule has 144 valence electrons. The second kappa shape index (κ2) is 6.71. The Bertz CT molecular complexity index is 1100. The average molecular weight is 407 g/mol. The van der Waals surface area contributed by atoms with Gasteiger partial charge in [0.1, 0.15) is 16.9 Å². The van der Waals surface area contributed by atoms with Crippen molar-refractivity contribution in [2.24, 2.45) is 0 Å². The number of hydrogen-bond acceptors (Lipinski definition) is 4.